The molecule has 6 rings (SSSR count). The summed E-state index contributed by atoms with van der Waals surface area (Å²) in [6.07, 6.45) is 0.220. The van der Waals surface area contributed by atoms with Gasteiger partial charge in [0.1, 0.15) is 5.82 Å². The van der Waals surface area contributed by atoms with E-state index in [0.717, 1.165) is 24.5 Å². The summed E-state index contributed by atoms with van der Waals surface area (Å²) in [7, 11) is 1.64. The number of aryl methyl sites for hydroxylation is 1. The number of pyridine rings is 2. The van der Waals surface area contributed by atoms with Crippen LogP contribution in [-0.4, -0.2) is 31.1 Å². The number of carbonyl (C=O) groups is 1. The molecule has 1 aliphatic carbocycles. The number of amides is 1. The molecule has 2 aromatic carbocycles. The number of nitrogen functional groups attached to an aromatic ring is 1. The molecule has 0 atom stereocenters. The second kappa shape index (κ2) is 9.18. The highest BCUT2D eigenvalue weighted by Gasteiger charge is 2.35. The van der Waals surface area contributed by atoms with Gasteiger partial charge < -0.3 is 11.1 Å². The standard InChI is InChI=1S/C30H27F3N6O2/c1-29(2,27(40)37-19-7-8-19)18-5-9-20(10-6-18)39-25-21-12-16(17-13-22(30(31,32)33)26(34)36-14-17)4-11-23(21)35-15-24(25)38(3)28(39)41/h4-6,9-15,19H,7-8H2,1-3H3,(H2,34,36)(H,37,40). The summed E-state index contributed by atoms with van der Waals surface area (Å²) >= 11 is 0. The Morgan fingerprint density at radius 1 is 1.00 bits per heavy atom. The van der Waals surface area contributed by atoms with Gasteiger partial charge in [-0.2, -0.15) is 13.2 Å². The molecular formula is C30H27F3N6O2. The molecule has 8 nitrogen and oxygen atoms in total. The van der Waals surface area contributed by atoms with Crippen LogP contribution in [0.15, 0.2) is 65.7 Å². The lowest BCUT2D eigenvalue weighted by Gasteiger charge is -2.24. The van der Waals surface area contributed by atoms with Gasteiger partial charge in [-0.25, -0.2) is 9.78 Å². The van der Waals surface area contributed by atoms with Crippen molar-refractivity contribution in [1.29, 1.82) is 0 Å². The van der Waals surface area contributed by atoms with Crippen molar-refractivity contribution in [3.05, 3.63) is 82.5 Å². The number of imidazole rings is 1. The minimum atomic E-state index is -4.65. The van der Waals surface area contributed by atoms with Crippen LogP contribution in [0.5, 0.6) is 0 Å². The van der Waals surface area contributed by atoms with Crippen LogP contribution in [0.1, 0.15) is 37.8 Å². The van der Waals surface area contributed by atoms with E-state index in [4.69, 9.17) is 5.73 Å². The number of benzene rings is 2. The monoisotopic (exact) mass is 560 g/mol. The maximum Gasteiger partial charge on any atom is 0.419 e. The quantitative estimate of drug-likeness (QED) is 0.311. The van der Waals surface area contributed by atoms with Gasteiger partial charge in [-0.3, -0.25) is 18.9 Å². The summed E-state index contributed by atoms with van der Waals surface area (Å²) in [5, 5.41) is 3.63. The van der Waals surface area contributed by atoms with Crippen molar-refractivity contribution >= 4 is 33.7 Å². The molecule has 0 aliphatic heterocycles. The van der Waals surface area contributed by atoms with Gasteiger partial charge in [0, 0.05) is 30.2 Å². The Hall–Kier alpha value is -4.67. The van der Waals surface area contributed by atoms with Crippen LogP contribution in [0.25, 0.3) is 38.8 Å². The van der Waals surface area contributed by atoms with E-state index >= 15 is 0 Å². The van der Waals surface area contributed by atoms with E-state index < -0.39 is 23.0 Å². The molecule has 3 heterocycles. The molecular weight excluding hydrogens is 533 g/mol. The number of fused-ring (bicyclic) bond motifs is 3. The maximum atomic E-state index is 13.5. The van der Waals surface area contributed by atoms with E-state index in [-0.39, 0.29) is 23.2 Å². The number of aromatic nitrogens is 4. The lowest BCUT2D eigenvalue weighted by Crippen LogP contribution is -2.41. The fourth-order valence-corrected chi connectivity index (χ4v) is 5.03. The Kier molecular flexibility index (Phi) is 5.95. The van der Waals surface area contributed by atoms with Crippen molar-refractivity contribution in [3.63, 3.8) is 0 Å². The number of hydrogen-bond acceptors (Lipinski definition) is 5. The number of anilines is 1. The number of nitrogens with zero attached hydrogens (tertiary/aromatic N) is 4. The molecule has 0 bridgehead atoms. The molecule has 1 amide bonds. The third-order valence-corrected chi connectivity index (χ3v) is 7.77. The Morgan fingerprint density at radius 2 is 1.71 bits per heavy atom. The van der Waals surface area contributed by atoms with E-state index in [1.807, 2.05) is 26.0 Å². The van der Waals surface area contributed by atoms with E-state index in [1.165, 1.54) is 10.8 Å². The summed E-state index contributed by atoms with van der Waals surface area (Å²) in [5.41, 5.74) is 7.15. The summed E-state index contributed by atoms with van der Waals surface area (Å²) in [4.78, 5) is 34.6. The van der Waals surface area contributed by atoms with Crippen LogP contribution in [0.3, 0.4) is 0 Å². The molecule has 0 spiro atoms. The molecule has 41 heavy (non-hydrogen) atoms. The fourth-order valence-electron chi connectivity index (χ4n) is 5.03. The average Bonchev–Trinajstić information content (AvgIpc) is 3.72. The minimum absolute atomic E-state index is 0.0504. The first-order valence-electron chi connectivity index (χ1n) is 13.1. The Bertz CT molecular complexity index is 1900. The normalized spacial score (nSPS) is 14.1. The lowest BCUT2D eigenvalue weighted by atomic mass is 9.83. The lowest BCUT2D eigenvalue weighted by molar-refractivity contribution is -0.137. The van der Waals surface area contributed by atoms with Crippen molar-refractivity contribution < 1.29 is 18.0 Å². The average molecular weight is 561 g/mol. The van der Waals surface area contributed by atoms with Crippen molar-refractivity contribution in [2.45, 2.75) is 44.3 Å². The third-order valence-electron chi connectivity index (χ3n) is 7.77. The van der Waals surface area contributed by atoms with E-state index in [9.17, 15) is 22.8 Å². The van der Waals surface area contributed by atoms with E-state index in [1.54, 1.807) is 48.1 Å². The molecule has 1 saturated carbocycles. The highest BCUT2D eigenvalue weighted by Crippen LogP contribution is 2.36. The first-order chi connectivity index (χ1) is 19.4. The van der Waals surface area contributed by atoms with Crippen molar-refractivity contribution in [2.24, 2.45) is 7.05 Å². The Balaban J connectivity index is 1.49. The van der Waals surface area contributed by atoms with E-state index in [0.29, 0.717) is 33.2 Å². The molecule has 0 unspecified atom stereocenters. The zero-order valence-corrected chi connectivity index (χ0v) is 22.6. The number of nitrogens with two attached hydrogens (primary N) is 1. The van der Waals surface area contributed by atoms with Gasteiger partial charge >= 0.3 is 11.9 Å². The molecule has 3 N–H and O–H groups in total. The summed E-state index contributed by atoms with van der Waals surface area (Å²) in [6.45, 7) is 3.72. The van der Waals surface area contributed by atoms with Gasteiger partial charge in [0.2, 0.25) is 5.91 Å². The highest BCUT2D eigenvalue weighted by atomic mass is 19.4. The second-order valence-corrected chi connectivity index (χ2v) is 11.0. The number of halogens is 3. The van der Waals surface area contributed by atoms with Gasteiger partial charge in [-0.1, -0.05) is 18.2 Å². The fraction of sp³-hybridized carbons (Fsp3) is 0.267. The molecule has 3 aromatic heterocycles. The Labute approximate surface area is 232 Å². The number of nitrogens with one attached hydrogen (secondary N) is 1. The molecule has 0 saturated heterocycles. The predicted octanol–water partition coefficient (Wildman–Crippen LogP) is 5.10. The van der Waals surface area contributed by atoms with Crippen molar-refractivity contribution in [3.8, 4) is 16.8 Å². The topological polar surface area (TPSA) is 108 Å². The van der Waals surface area contributed by atoms with Gasteiger partial charge in [0.25, 0.3) is 0 Å². The van der Waals surface area contributed by atoms with Crippen LogP contribution in [0.4, 0.5) is 19.0 Å². The van der Waals surface area contributed by atoms with Gasteiger partial charge in [0.15, 0.2) is 0 Å². The SMILES string of the molecule is Cn1c(=O)n(-c2ccc(C(C)(C)C(=O)NC3CC3)cc2)c2c3cc(-c4cnc(N)c(C(F)(F)F)c4)ccc3ncc21. The number of hydrogen-bond donors (Lipinski definition) is 2. The number of alkyl halides is 3. The zero-order chi connectivity index (χ0) is 29.3. The molecule has 1 aliphatic rings. The molecule has 1 fully saturated rings. The highest BCUT2D eigenvalue weighted by molar-refractivity contribution is 6.04. The minimum Gasteiger partial charge on any atom is -0.383 e. The van der Waals surface area contributed by atoms with E-state index in [2.05, 4.69) is 15.3 Å². The van der Waals surface area contributed by atoms with Crippen LogP contribution in [-0.2, 0) is 23.4 Å². The van der Waals surface area contributed by atoms with Gasteiger partial charge in [-0.05, 0) is 68.1 Å². The zero-order valence-electron chi connectivity index (χ0n) is 22.6. The number of carbonyl (C=O) groups excluding carboxylic acids is 1. The summed E-state index contributed by atoms with van der Waals surface area (Å²) in [5.74, 6) is -0.648. The molecule has 210 valence electrons. The van der Waals surface area contributed by atoms with Gasteiger partial charge in [-0.15, -0.1) is 0 Å². The van der Waals surface area contributed by atoms with Crippen LogP contribution in [0, 0.1) is 0 Å². The molecule has 5 aromatic rings. The van der Waals surface area contributed by atoms with Crippen LogP contribution < -0.4 is 16.7 Å². The number of rotatable bonds is 5. The Morgan fingerprint density at radius 3 is 2.37 bits per heavy atom. The first-order valence-corrected chi connectivity index (χ1v) is 13.1. The maximum absolute atomic E-state index is 13.5. The first kappa shape index (κ1) is 26.5. The third kappa shape index (κ3) is 4.51. The largest absolute Gasteiger partial charge is 0.419 e. The smallest absolute Gasteiger partial charge is 0.383 e. The van der Waals surface area contributed by atoms with Gasteiger partial charge in [0.05, 0.1) is 39.4 Å². The van der Waals surface area contributed by atoms with Crippen molar-refractivity contribution in [2.75, 3.05) is 5.73 Å². The summed E-state index contributed by atoms with van der Waals surface area (Å²) in [6, 6.07) is 13.5. The molecule has 0 radical (unpaired) electrons. The molecule has 11 heteroatoms. The van der Waals surface area contributed by atoms with Crippen LogP contribution in [0.2, 0.25) is 0 Å². The second-order valence-electron chi connectivity index (χ2n) is 11.0. The predicted molar refractivity (Wildman–Crippen MR) is 151 cm³/mol. The van der Waals surface area contributed by atoms with Crippen LogP contribution >= 0.6 is 0 Å². The summed E-state index contributed by atoms with van der Waals surface area (Å²) < 4.78 is 43.5. The van der Waals surface area contributed by atoms with Crippen molar-refractivity contribution in [1.82, 2.24) is 24.4 Å².